The molecule has 0 heterocycles. The molecule has 11 aromatic carbocycles. The van der Waals surface area contributed by atoms with Crippen molar-refractivity contribution in [3.8, 4) is 33.4 Å². The van der Waals surface area contributed by atoms with Crippen LogP contribution in [-0.2, 0) is 28.1 Å². The van der Waals surface area contributed by atoms with Gasteiger partial charge in [-0.05, 0) is 207 Å². The predicted molar refractivity (Wildman–Crippen MR) is 450 cm³/mol. The normalized spacial score (nSPS) is 18.5. The van der Waals surface area contributed by atoms with Crippen LogP contribution in [0.3, 0.4) is 0 Å². The highest BCUT2D eigenvalue weighted by Crippen LogP contribution is 2.53. The van der Waals surface area contributed by atoms with E-state index in [-0.39, 0.29) is 21.7 Å². The lowest BCUT2D eigenvalue weighted by Crippen LogP contribution is -2.26. The Morgan fingerprint density at radius 2 is 0.476 bits per heavy atom. The molecular weight excluding hydrogens is 1240 g/mol. The maximum Gasteiger partial charge on any atom is 0.0159 e. The summed E-state index contributed by atoms with van der Waals surface area (Å²) in [6.07, 6.45) is 32.8. The summed E-state index contributed by atoms with van der Waals surface area (Å²) in [7, 11) is 0. The van der Waals surface area contributed by atoms with Crippen LogP contribution in [0.15, 0.2) is 279 Å². The zero-order valence-corrected chi connectivity index (χ0v) is 65.3. The van der Waals surface area contributed by atoms with E-state index in [1.165, 1.54) is 179 Å². The zero-order chi connectivity index (χ0) is 73.0. The summed E-state index contributed by atoms with van der Waals surface area (Å²) in [5.41, 5.74) is 25.5. The van der Waals surface area contributed by atoms with Gasteiger partial charge >= 0.3 is 0 Å². The molecule has 0 saturated heterocycles. The fourth-order valence-corrected chi connectivity index (χ4v) is 17.5. The standard InChI is InChI=1S/C23H18.C19H16.C16H16.C15H14.C8H16.C8H12.C7H14.C7H10/c1-23(2)21-13-17-9-5-3-7-15(17)11-19(21)20-12-16-8-4-6-10-18(16)14-22(20)23;1-19(2)17-10-6-5-9-15(17)16-11-13-7-3-4-8-14(13)12-18(16)19;1-16(2)14-9-5-3-7-12(14)11-13-8-4-6-10-15(13)16;1-15(2)13-9-5-3-7-11(13)12-8-4-6-10-14(12)15;2*1-8(2)6-4-3-5-7-8;2*1-7(2)5-3-4-6-7/h3-14H,1-2H3;3-12H,1-2H3;3-10H,11H2,1-2H3;3-10H,1-2H3;3-7H2,1-2H3;4-7H,3H2,1-2H3;3-6H2,1-2H3;3-6H,1-2H3. The molecule has 0 nitrogen and oxygen atoms in total. The molecule has 0 spiro atoms. The first-order chi connectivity index (χ1) is 49.1. The average Bonchev–Trinajstić information content (AvgIpc) is 1.61. The van der Waals surface area contributed by atoms with Crippen LogP contribution in [0.2, 0.25) is 0 Å². The van der Waals surface area contributed by atoms with Gasteiger partial charge in [-0.15, -0.1) is 0 Å². The average molecular weight is 1350 g/mol. The van der Waals surface area contributed by atoms with Gasteiger partial charge in [-0.1, -0.05) is 386 Å². The summed E-state index contributed by atoms with van der Waals surface area (Å²) in [6, 6.07) is 84.1. The molecule has 8 aliphatic rings. The Hall–Kier alpha value is -8.84. The number of hydrogen-bond acceptors (Lipinski definition) is 0. The van der Waals surface area contributed by atoms with Crippen molar-refractivity contribution in [2.24, 2.45) is 21.7 Å². The molecule has 0 unspecified atom stereocenters. The third kappa shape index (κ3) is 16.4. The summed E-state index contributed by atoms with van der Waals surface area (Å²) in [5.74, 6) is 0. The molecule has 2 saturated carbocycles. The topological polar surface area (TPSA) is 0 Å². The van der Waals surface area contributed by atoms with Gasteiger partial charge in [0.1, 0.15) is 0 Å². The van der Waals surface area contributed by atoms with E-state index in [0.29, 0.717) is 21.7 Å². The summed E-state index contributed by atoms with van der Waals surface area (Å²) in [5, 5.41) is 7.97. The number of fused-ring (bicyclic) bond motifs is 14. The lowest BCUT2D eigenvalue weighted by molar-refractivity contribution is 0.244. The van der Waals surface area contributed by atoms with Crippen LogP contribution in [0.25, 0.3) is 65.7 Å². The monoisotopic (exact) mass is 1350 g/mol. The second kappa shape index (κ2) is 30.1. The summed E-state index contributed by atoms with van der Waals surface area (Å²) < 4.78 is 0. The Bertz CT molecular complexity index is 4720. The molecule has 0 amide bonds. The minimum atomic E-state index is 0.0543. The fraction of sp³-hybridized carbons (Fsp3) is 0.340. The van der Waals surface area contributed by atoms with Crippen molar-refractivity contribution >= 4 is 32.3 Å². The van der Waals surface area contributed by atoms with E-state index in [2.05, 4.69) is 390 Å². The van der Waals surface area contributed by atoms with Gasteiger partial charge in [0.05, 0.1) is 0 Å². The molecule has 11 aromatic rings. The van der Waals surface area contributed by atoms with E-state index in [0.717, 1.165) is 12.8 Å². The molecule has 0 aliphatic heterocycles. The molecule has 0 radical (unpaired) electrons. The first kappa shape index (κ1) is 73.9. The van der Waals surface area contributed by atoms with Gasteiger partial charge in [-0.25, -0.2) is 0 Å². The molecule has 2 fully saturated rings. The van der Waals surface area contributed by atoms with E-state index >= 15 is 0 Å². The third-order valence-electron chi connectivity index (χ3n) is 23.8. The third-order valence-corrected chi connectivity index (χ3v) is 23.8. The van der Waals surface area contributed by atoms with Gasteiger partial charge in [-0.3, -0.25) is 0 Å². The van der Waals surface area contributed by atoms with Crippen LogP contribution in [-0.4, -0.2) is 0 Å². The minimum absolute atomic E-state index is 0.0543. The van der Waals surface area contributed by atoms with Crippen LogP contribution in [0.1, 0.15) is 231 Å². The molecule has 8 aliphatic carbocycles. The second-order valence-corrected chi connectivity index (χ2v) is 35.4. The highest BCUT2D eigenvalue weighted by Gasteiger charge is 2.38. The van der Waals surface area contributed by atoms with Crippen molar-refractivity contribution in [3.05, 3.63) is 335 Å². The van der Waals surface area contributed by atoms with E-state index in [1.54, 1.807) is 0 Å². The number of hydrogen-bond donors (Lipinski definition) is 0. The van der Waals surface area contributed by atoms with Crippen LogP contribution in [0.4, 0.5) is 0 Å². The van der Waals surface area contributed by atoms with E-state index < -0.39 is 0 Å². The van der Waals surface area contributed by atoms with Crippen molar-refractivity contribution in [2.75, 3.05) is 0 Å². The van der Waals surface area contributed by atoms with Gasteiger partial charge in [0.15, 0.2) is 0 Å². The lowest BCUT2D eigenvalue weighted by Gasteiger charge is -2.35. The number of benzene rings is 11. The first-order valence-corrected chi connectivity index (χ1v) is 38.8. The smallest absolute Gasteiger partial charge is 0.0159 e. The predicted octanol–water partition coefficient (Wildman–Crippen LogP) is 29.6. The van der Waals surface area contributed by atoms with Crippen LogP contribution in [0.5, 0.6) is 0 Å². The van der Waals surface area contributed by atoms with Crippen molar-refractivity contribution < 1.29 is 0 Å². The quantitative estimate of drug-likeness (QED) is 0.133. The van der Waals surface area contributed by atoms with Gasteiger partial charge in [0.2, 0.25) is 0 Å². The Labute approximate surface area is 621 Å². The lowest BCUT2D eigenvalue weighted by atomic mass is 9.69. The van der Waals surface area contributed by atoms with E-state index in [9.17, 15) is 0 Å². The van der Waals surface area contributed by atoms with Gasteiger partial charge < -0.3 is 0 Å². The molecule has 0 heteroatoms. The molecule has 0 aromatic heterocycles. The summed E-state index contributed by atoms with van der Waals surface area (Å²) in [6.45, 7) is 36.9. The van der Waals surface area contributed by atoms with Crippen LogP contribution < -0.4 is 0 Å². The zero-order valence-electron chi connectivity index (χ0n) is 65.3. The van der Waals surface area contributed by atoms with E-state index in [4.69, 9.17) is 0 Å². The van der Waals surface area contributed by atoms with Crippen molar-refractivity contribution in [2.45, 2.75) is 203 Å². The Morgan fingerprint density at radius 1 is 0.223 bits per heavy atom. The van der Waals surface area contributed by atoms with Crippen molar-refractivity contribution in [1.82, 2.24) is 0 Å². The minimum Gasteiger partial charge on any atom is -0.0839 e. The van der Waals surface area contributed by atoms with Gasteiger partial charge in [-0.2, -0.15) is 0 Å². The van der Waals surface area contributed by atoms with Crippen molar-refractivity contribution in [1.29, 1.82) is 0 Å². The maximum absolute atomic E-state index is 2.38. The van der Waals surface area contributed by atoms with Gasteiger partial charge in [0.25, 0.3) is 0 Å². The SMILES string of the molecule is CC1(C)C=CC=C1.CC1(C)C=CCC=C1.CC1(C)CCCC1.CC1(C)CCCCC1.CC1(C)c2cc3ccccc3cc2-c2cc3ccccc3cc21.CC1(C)c2ccccc2-c2cc3ccccc3cc21.CC1(C)c2ccccc2-c2ccccc21.CC1(C)c2ccccc2Cc2ccccc21. The molecular formula is C103H116. The molecule has 103 heavy (non-hydrogen) atoms. The van der Waals surface area contributed by atoms with E-state index in [1.807, 2.05) is 0 Å². The Balaban J connectivity index is 0.000000115. The highest BCUT2D eigenvalue weighted by atomic mass is 14.4. The molecule has 0 bridgehead atoms. The van der Waals surface area contributed by atoms with Crippen molar-refractivity contribution in [3.63, 3.8) is 0 Å². The largest absolute Gasteiger partial charge is 0.0839 e. The Kier molecular flexibility index (Phi) is 21.6. The first-order valence-electron chi connectivity index (χ1n) is 38.8. The number of rotatable bonds is 0. The van der Waals surface area contributed by atoms with Gasteiger partial charge in [0, 0.05) is 32.5 Å². The fourth-order valence-electron chi connectivity index (χ4n) is 17.5. The van der Waals surface area contributed by atoms with Crippen LogP contribution in [0, 0.1) is 21.7 Å². The van der Waals surface area contributed by atoms with Crippen LogP contribution >= 0.6 is 0 Å². The molecule has 528 valence electrons. The summed E-state index contributed by atoms with van der Waals surface area (Å²) >= 11 is 0. The maximum atomic E-state index is 2.38. The summed E-state index contributed by atoms with van der Waals surface area (Å²) in [4.78, 5) is 0. The molecule has 19 rings (SSSR count). The second-order valence-electron chi connectivity index (χ2n) is 35.4. The Morgan fingerprint density at radius 3 is 0.777 bits per heavy atom. The molecule has 0 atom stereocenters. The highest BCUT2D eigenvalue weighted by molar-refractivity contribution is 5.98. The number of allylic oxidation sites excluding steroid dienone is 8. The molecule has 0 N–H and O–H groups in total.